The molecule has 0 aromatic rings. The summed E-state index contributed by atoms with van der Waals surface area (Å²) in [5, 5.41) is 0. The van der Waals surface area contributed by atoms with Crippen LogP contribution in [0, 0.1) is 46.3 Å². The Hall–Kier alpha value is 0.0900. The van der Waals surface area contributed by atoms with Gasteiger partial charge in [-0.3, -0.25) is 13.7 Å². The summed E-state index contributed by atoms with van der Waals surface area (Å²) in [5.41, 5.74) is -0.347. The van der Waals surface area contributed by atoms with E-state index in [1.165, 1.54) is 0 Å². The second-order valence-corrected chi connectivity index (χ2v) is 27.8. The Labute approximate surface area is 404 Å². The van der Waals surface area contributed by atoms with E-state index < -0.39 is 23.5 Å². The summed E-state index contributed by atoms with van der Waals surface area (Å²) in [5.74, 6) is 1.59. The largest absolute Gasteiger partial charge is 0.756 e. The minimum atomic E-state index is -4.54. The number of hydrogen-bond donors (Lipinski definition) is 0. The summed E-state index contributed by atoms with van der Waals surface area (Å²) >= 11 is 0. The number of fused-ring (bicyclic) bond motifs is 5. The lowest BCUT2D eigenvalue weighted by atomic mass is 9.43. The highest BCUT2D eigenvalue weighted by atomic mass is 31.2. The fraction of sp³-hybridized carbons (Fsp3) is 1.00. The molecular weight excluding hydrogens is 927 g/mol. The molecule has 0 amide bonds. The number of phosphoric acid groups is 3. The van der Waals surface area contributed by atoms with Crippen LogP contribution in [0.2, 0.25) is 0 Å². The van der Waals surface area contributed by atoms with Crippen molar-refractivity contribution in [1.29, 1.82) is 0 Å². The molecule has 0 saturated heterocycles. The minimum Gasteiger partial charge on any atom is -0.756 e. The van der Waals surface area contributed by atoms with Crippen LogP contribution in [-0.4, -0.2) is 174 Å². The topological polar surface area (TPSA) is 203 Å². The van der Waals surface area contributed by atoms with Crippen LogP contribution in [0.3, 0.4) is 0 Å². The summed E-state index contributed by atoms with van der Waals surface area (Å²) < 4.78 is 91.0. The van der Waals surface area contributed by atoms with Gasteiger partial charge in [0.15, 0.2) is 0 Å². The Morgan fingerprint density at radius 1 is 0.582 bits per heavy atom. The molecule has 0 spiro atoms. The van der Waals surface area contributed by atoms with E-state index in [1.54, 1.807) is 0 Å². The molecule has 0 bridgehead atoms. The molecule has 0 N–H and O–H groups in total. The van der Waals surface area contributed by atoms with Crippen LogP contribution in [0.4, 0.5) is 0 Å². The van der Waals surface area contributed by atoms with E-state index in [4.69, 9.17) is 41.4 Å². The molecule has 21 heteroatoms. The monoisotopic (exact) mass is 1020 g/mol. The molecule has 3 unspecified atom stereocenters. The number of ether oxygens (including phenoxy) is 3. The normalized spacial score (nSPS) is 33.5. The predicted molar refractivity (Wildman–Crippen MR) is 251 cm³/mol. The molecule has 0 aromatic heterocycles. The van der Waals surface area contributed by atoms with Crippen molar-refractivity contribution in [2.24, 2.45) is 46.3 Å². The fourth-order valence-electron chi connectivity index (χ4n) is 11.8. The first-order chi connectivity index (χ1) is 30.9. The number of phosphoric ester groups is 3. The van der Waals surface area contributed by atoms with Crippen molar-refractivity contribution in [3.8, 4) is 0 Å². The SMILES string of the molecule is CCCC[C@@H](C)[C@H]1CC[C@H]2[C@@H]3[C@H](OCCOP(=O)([O-])OCC[N+](C)(C)C)C[C@@H]4C[C@H](OCCOP(=O)([O-])OCC[N+](C)(C)C)CC[C@]4(C)[C@H]3C[C@H](OCCOP(=O)([O-])OCC[N+](C)(C)C)[C@]12C. The number of rotatable bonds is 31. The molecule has 14 atom stereocenters. The van der Waals surface area contributed by atoms with Crippen molar-refractivity contribution in [2.75, 3.05) is 143 Å². The first-order valence-corrected chi connectivity index (χ1v) is 29.3. The first kappa shape index (κ1) is 59.7. The molecule has 0 aromatic carbocycles. The van der Waals surface area contributed by atoms with Crippen molar-refractivity contribution in [2.45, 2.75) is 110 Å². The van der Waals surface area contributed by atoms with E-state index >= 15 is 0 Å². The van der Waals surface area contributed by atoms with E-state index in [0.29, 0.717) is 44.9 Å². The van der Waals surface area contributed by atoms with E-state index in [9.17, 15) is 28.4 Å². The molecule has 0 aliphatic heterocycles. The summed E-state index contributed by atoms with van der Waals surface area (Å²) in [6.45, 7) is 10.8. The van der Waals surface area contributed by atoms with E-state index in [1.807, 2.05) is 63.4 Å². The predicted octanol–water partition coefficient (Wildman–Crippen LogP) is 5.47. The van der Waals surface area contributed by atoms with Crippen LogP contribution in [0.15, 0.2) is 0 Å². The van der Waals surface area contributed by atoms with E-state index in [0.717, 1.165) is 64.2 Å². The molecular formula is C46H92N3O15P3. The summed E-state index contributed by atoms with van der Waals surface area (Å²) in [6, 6.07) is 0. The Bertz CT molecular complexity index is 1660. The molecule has 4 aliphatic rings. The van der Waals surface area contributed by atoms with Gasteiger partial charge in [0, 0.05) is 5.41 Å². The number of quaternary nitrogens is 3. The molecule has 0 heterocycles. The number of hydrogen-bond acceptors (Lipinski definition) is 15. The zero-order chi connectivity index (χ0) is 50.1. The van der Waals surface area contributed by atoms with Gasteiger partial charge >= 0.3 is 0 Å². The van der Waals surface area contributed by atoms with Crippen LogP contribution in [0.5, 0.6) is 0 Å². The van der Waals surface area contributed by atoms with Crippen molar-refractivity contribution in [1.82, 2.24) is 0 Å². The van der Waals surface area contributed by atoms with Crippen molar-refractivity contribution < 1.29 is 83.2 Å². The Balaban J connectivity index is 1.54. The van der Waals surface area contributed by atoms with Gasteiger partial charge in [-0.2, -0.15) is 0 Å². The van der Waals surface area contributed by atoms with Crippen LogP contribution >= 0.6 is 23.5 Å². The Kier molecular flexibility index (Phi) is 22.1. The minimum absolute atomic E-state index is 0.0162. The third kappa shape index (κ3) is 18.5. The molecule has 4 aliphatic carbocycles. The van der Waals surface area contributed by atoms with Gasteiger partial charge in [0.2, 0.25) is 0 Å². The highest BCUT2D eigenvalue weighted by Gasteiger charge is 2.66. The molecule has 4 saturated carbocycles. The lowest BCUT2D eigenvalue weighted by Crippen LogP contribution is -2.63. The van der Waals surface area contributed by atoms with Gasteiger partial charge in [0.1, 0.15) is 39.5 Å². The molecule has 18 nitrogen and oxygen atoms in total. The smallest absolute Gasteiger partial charge is 0.268 e. The quantitative estimate of drug-likeness (QED) is 0.0480. The second-order valence-electron chi connectivity index (χ2n) is 23.6. The molecule has 0 radical (unpaired) electrons. The van der Waals surface area contributed by atoms with Crippen LogP contribution < -0.4 is 14.7 Å². The maximum atomic E-state index is 12.8. The summed E-state index contributed by atoms with van der Waals surface area (Å²) in [4.78, 5) is 37.9. The maximum Gasteiger partial charge on any atom is 0.268 e. The van der Waals surface area contributed by atoms with Gasteiger partial charge in [0.25, 0.3) is 23.5 Å². The molecule has 67 heavy (non-hydrogen) atoms. The van der Waals surface area contributed by atoms with Gasteiger partial charge in [0.05, 0.1) is 121 Å². The van der Waals surface area contributed by atoms with Gasteiger partial charge in [-0.15, -0.1) is 0 Å². The Morgan fingerprint density at radius 2 is 1.04 bits per heavy atom. The molecule has 4 fully saturated rings. The summed E-state index contributed by atoms with van der Waals surface area (Å²) in [6.07, 6.45) is 8.88. The third-order valence-electron chi connectivity index (χ3n) is 15.5. The van der Waals surface area contributed by atoms with Crippen molar-refractivity contribution >= 4 is 23.5 Å². The second kappa shape index (κ2) is 24.9. The van der Waals surface area contributed by atoms with Crippen molar-refractivity contribution in [3.63, 3.8) is 0 Å². The number of unbranched alkanes of at least 4 members (excludes halogenated alkanes) is 1. The van der Waals surface area contributed by atoms with E-state index in [-0.39, 0.29) is 112 Å². The highest BCUT2D eigenvalue weighted by molar-refractivity contribution is 7.46. The van der Waals surface area contributed by atoms with Gasteiger partial charge in [-0.1, -0.05) is 47.0 Å². The lowest BCUT2D eigenvalue weighted by molar-refractivity contribution is -0.870. The average molecular weight is 1020 g/mol. The fourth-order valence-corrected chi connectivity index (χ4v) is 13.8. The standard InChI is InChI=1S/C46H92N3O15P3/c1-14-15-16-36(2)39-17-18-40-44-41(35-43(46(39,40)4)58-29-32-64-67(54,55)61-26-23-49(11,12)13)45(3)20-19-38(56-27-30-62-65(50,51)59-24-21-47(5,6)7)33-37(45)34-42(44)57-28-31-63-66(52,53)60-25-22-48(8,9)10/h36-44H,14-35H2,1-13H3/t36-,37+,38-,39-,40+,41+,42-,43+,44+,45+,46-/m1/s1. The van der Waals surface area contributed by atoms with Crippen LogP contribution in [0.25, 0.3) is 0 Å². The van der Waals surface area contributed by atoms with Gasteiger partial charge in [-0.05, 0) is 85.9 Å². The molecule has 4 rings (SSSR count). The maximum absolute atomic E-state index is 12.8. The average Bonchev–Trinajstić information content (AvgIpc) is 3.55. The lowest BCUT2D eigenvalue weighted by Gasteiger charge is -2.64. The highest BCUT2D eigenvalue weighted by Crippen LogP contribution is 2.69. The van der Waals surface area contributed by atoms with E-state index in [2.05, 4.69) is 27.7 Å². The van der Waals surface area contributed by atoms with Crippen LogP contribution in [0.1, 0.15) is 91.9 Å². The van der Waals surface area contributed by atoms with Gasteiger partial charge in [-0.25, -0.2) is 0 Å². The number of likely N-dealkylation sites (N-methyl/N-ethyl adjacent to an activating group) is 3. The zero-order valence-corrected chi connectivity index (χ0v) is 46.2. The van der Waals surface area contributed by atoms with Gasteiger partial charge < -0.3 is 69.5 Å². The summed E-state index contributed by atoms with van der Waals surface area (Å²) in [7, 11) is 4.07. The molecule has 396 valence electrons. The number of nitrogens with zero attached hydrogens (tertiary/aromatic N) is 3. The third-order valence-corrected chi connectivity index (χ3v) is 18.5. The first-order valence-electron chi connectivity index (χ1n) is 25.0. The van der Waals surface area contributed by atoms with Crippen molar-refractivity contribution in [3.05, 3.63) is 0 Å². The van der Waals surface area contributed by atoms with Crippen LogP contribution in [-0.2, 0) is 55.0 Å². The Morgan fingerprint density at radius 3 is 1.52 bits per heavy atom. The zero-order valence-electron chi connectivity index (χ0n) is 43.6.